The minimum Gasteiger partial charge on any atom is -0.494 e. The van der Waals surface area contributed by atoms with Gasteiger partial charge in [-0.15, -0.1) is 0 Å². The van der Waals surface area contributed by atoms with E-state index in [-0.39, 0.29) is 16.9 Å². The van der Waals surface area contributed by atoms with Crippen molar-refractivity contribution in [3.8, 4) is 16.9 Å². The van der Waals surface area contributed by atoms with E-state index < -0.39 is 0 Å². The second-order valence-electron chi connectivity index (χ2n) is 9.40. The number of hydrogen-bond acceptors (Lipinski definition) is 2. The molecule has 1 saturated heterocycles. The van der Waals surface area contributed by atoms with Crippen LogP contribution < -0.4 is 4.74 Å². The van der Waals surface area contributed by atoms with Crippen molar-refractivity contribution in [2.45, 2.75) is 70.9 Å². The predicted octanol–water partition coefficient (Wildman–Crippen LogP) is 6.65. The van der Waals surface area contributed by atoms with Gasteiger partial charge in [-0.05, 0) is 83.2 Å². The Kier molecular flexibility index (Phi) is 5.86. The Balaban J connectivity index is 1.80. The maximum atomic E-state index is 14.6. The van der Waals surface area contributed by atoms with Crippen LogP contribution in [-0.2, 0) is 0 Å². The Bertz CT molecular complexity index is 792. The van der Waals surface area contributed by atoms with Crippen molar-refractivity contribution in [3.05, 3.63) is 53.8 Å². The van der Waals surface area contributed by atoms with Gasteiger partial charge < -0.3 is 4.74 Å². The van der Waals surface area contributed by atoms with Crippen LogP contribution in [0, 0.1) is 5.82 Å². The Labute approximate surface area is 169 Å². The van der Waals surface area contributed by atoms with Gasteiger partial charge in [0.2, 0.25) is 0 Å². The number of rotatable bonds is 5. The van der Waals surface area contributed by atoms with Crippen LogP contribution in [0.3, 0.4) is 0 Å². The molecule has 2 nitrogen and oxygen atoms in total. The standard InChI is InChI=1S/C25H34FNO/c1-7-14-28-21-12-13-22(23(26)15-21)19-10-8-18(9-11-19)20-16-24(2,3)27(6)25(4,5)17-20/h8-13,15,20H,7,14,16-17H2,1-6H3. The molecule has 0 amide bonds. The summed E-state index contributed by atoms with van der Waals surface area (Å²) in [6.07, 6.45) is 3.17. The van der Waals surface area contributed by atoms with Crippen LogP contribution in [0.4, 0.5) is 4.39 Å². The lowest BCUT2D eigenvalue weighted by Gasteiger charge is -2.54. The number of ether oxygens (including phenoxy) is 1. The Morgan fingerprint density at radius 1 is 1.00 bits per heavy atom. The summed E-state index contributed by atoms with van der Waals surface area (Å²) in [5.41, 5.74) is 3.20. The number of piperidine rings is 1. The summed E-state index contributed by atoms with van der Waals surface area (Å²) < 4.78 is 20.1. The number of benzene rings is 2. The molecule has 1 heterocycles. The predicted molar refractivity (Wildman–Crippen MR) is 116 cm³/mol. The summed E-state index contributed by atoms with van der Waals surface area (Å²) in [7, 11) is 2.23. The molecule has 1 aliphatic heterocycles. The van der Waals surface area contributed by atoms with E-state index in [1.165, 1.54) is 11.6 Å². The van der Waals surface area contributed by atoms with Crippen LogP contribution in [0.2, 0.25) is 0 Å². The monoisotopic (exact) mass is 383 g/mol. The SMILES string of the molecule is CCCOc1ccc(-c2ccc(C3CC(C)(C)N(C)C(C)(C)C3)cc2)c(F)c1. The smallest absolute Gasteiger partial charge is 0.134 e. The molecule has 2 aromatic carbocycles. The molecule has 0 saturated carbocycles. The van der Waals surface area contributed by atoms with E-state index in [9.17, 15) is 4.39 Å². The molecular weight excluding hydrogens is 349 g/mol. The third-order valence-corrected chi connectivity index (χ3v) is 6.41. The van der Waals surface area contributed by atoms with E-state index in [1.54, 1.807) is 0 Å². The first-order valence-electron chi connectivity index (χ1n) is 10.4. The highest BCUT2D eigenvalue weighted by atomic mass is 19.1. The molecule has 0 unspecified atom stereocenters. The molecule has 0 N–H and O–H groups in total. The van der Waals surface area contributed by atoms with E-state index >= 15 is 0 Å². The van der Waals surface area contributed by atoms with Crippen LogP contribution in [0.5, 0.6) is 5.75 Å². The molecule has 0 bridgehead atoms. The molecule has 3 heteroatoms. The van der Waals surface area contributed by atoms with Crippen molar-refractivity contribution < 1.29 is 9.13 Å². The highest BCUT2D eigenvalue weighted by molar-refractivity contribution is 5.65. The first kappa shape index (κ1) is 20.9. The molecule has 1 fully saturated rings. The van der Waals surface area contributed by atoms with Gasteiger partial charge in [0.15, 0.2) is 0 Å². The molecule has 152 valence electrons. The van der Waals surface area contributed by atoms with E-state index in [0.717, 1.165) is 24.8 Å². The van der Waals surface area contributed by atoms with Crippen molar-refractivity contribution in [3.63, 3.8) is 0 Å². The van der Waals surface area contributed by atoms with Gasteiger partial charge in [-0.1, -0.05) is 31.2 Å². The number of halogens is 1. The molecule has 0 aromatic heterocycles. The lowest BCUT2D eigenvalue weighted by molar-refractivity contribution is -0.0128. The minimum absolute atomic E-state index is 0.158. The van der Waals surface area contributed by atoms with Crippen LogP contribution >= 0.6 is 0 Å². The van der Waals surface area contributed by atoms with E-state index in [1.807, 2.05) is 19.1 Å². The minimum atomic E-state index is -0.233. The van der Waals surface area contributed by atoms with Crippen LogP contribution in [-0.4, -0.2) is 29.6 Å². The quantitative estimate of drug-likeness (QED) is 0.573. The zero-order chi connectivity index (χ0) is 20.5. The summed E-state index contributed by atoms with van der Waals surface area (Å²) >= 11 is 0. The van der Waals surface area contributed by atoms with Crippen molar-refractivity contribution >= 4 is 0 Å². The van der Waals surface area contributed by atoms with Gasteiger partial charge >= 0.3 is 0 Å². The number of hydrogen-bond donors (Lipinski definition) is 0. The Morgan fingerprint density at radius 2 is 1.61 bits per heavy atom. The summed E-state index contributed by atoms with van der Waals surface area (Å²) in [4.78, 5) is 2.50. The molecular formula is C25H34FNO. The highest BCUT2D eigenvalue weighted by Crippen LogP contribution is 2.44. The third kappa shape index (κ3) is 4.25. The topological polar surface area (TPSA) is 12.5 Å². The zero-order valence-corrected chi connectivity index (χ0v) is 18.2. The normalized spacial score (nSPS) is 19.5. The van der Waals surface area contributed by atoms with Gasteiger partial charge in [-0.2, -0.15) is 0 Å². The molecule has 0 aliphatic carbocycles. The highest BCUT2D eigenvalue weighted by Gasteiger charge is 2.43. The largest absolute Gasteiger partial charge is 0.494 e. The molecule has 0 radical (unpaired) electrons. The van der Waals surface area contributed by atoms with Crippen molar-refractivity contribution in [1.82, 2.24) is 4.90 Å². The molecule has 0 atom stereocenters. The average molecular weight is 384 g/mol. The summed E-state index contributed by atoms with van der Waals surface area (Å²) in [6.45, 7) is 12.0. The fourth-order valence-electron chi connectivity index (χ4n) is 4.58. The molecule has 28 heavy (non-hydrogen) atoms. The van der Waals surface area contributed by atoms with E-state index in [0.29, 0.717) is 23.8 Å². The second-order valence-corrected chi connectivity index (χ2v) is 9.40. The van der Waals surface area contributed by atoms with E-state index in [2.05, 4.69) is 63.9 Å². The molecule has 3 rings (SSSR count). The summed E-state index contributed by atoms with van der Waals surface area (Å²) in [5.74, 6) is 0.878. The van der Waals surface area contributed by atoms with Gasteiger partial charge in [0, 0.05) is 22.7 Å². The maximum Gasteiger partial charge on any atom is 0.134 e. The van der Waals surface area contributed by atoms with Gasteiger partial charge in [0.25, 0.3) is 0 Å². The van der Waals surface area contributed by atoms with Gasteiger partial charge in [0.05, 0.1) is 6.61 Å². The first-order chi connectivity index (χ1) is 13.1. The molecule has 1 aliphatic rings. The lowest BCUT2D eigenvalue weighted by Crippen LogP contribution is -2.58. The van der Waals surface area contributed by atoms with E-state index in [4.69, 9.17) is 4.74 Å². The first-order valence-corrected chi connectivity index (χ1v) is 10.4. The number of nitrogens with zero attached hydrogens (tertiary/aromatic N) is 1. The third-order valence-electron chi connectivity index (χ3n) is 6.41. The second kappa shape index (κ2) is 7.87. The average Bonchev–Trinajstić information content (AvgIpc) is 2.64. The van der Waals surface area contributed by atoms with Crippen LogP contribution in [0.25, 0.3) is 11.1 Å². The van der Waals surface area contributed by atoms with Crippen LogP contribution in [0.1, 0.15) is 65.4 Å². The fourth-order valence-corrected chi connectivity index (χ4v) is 4.58. The Morgan fingerprint density at radius 3 is 2.14 bits per heavy atom. The molecule has 0 spiro atoms. The van der Waals surface area contributed by atoms with Crippen molar-refractivity contribution in [2.24, 2.45) is 0 Å². The van der Waals surface area contributed by atoms with Gasteiger partial charge in [-0.3, -0.25) is 4.90 Å². The van der Waals surface area contributed by atoms with Crippen molar-refractivity contribution in [2.75, 3.05) is 13.7 Å². The fraction of sp³-hybridized carbons (Fsp3) is 0.520. The molecule has 2 aromatic rings. The van der Waals surface area contributed by atoms with Crippen molar-refractivity contribution in [1.29, 1.82) is 0 Å². The van der Waals surface area contributed by atoms with Gasteiger partial charge in [0.1, 0.15) is 11.6 Å². The number of likely N-dealkylation sites (tertiary alicyclic amines) is 1. The van der Waals surface area contributed by atoms with Gasteiger partial charge in [-0.25, -0.2) is 4.39 Å². The summed E-state index contributed by atoms with van der Waals surface area (Å²) in [6, 6.07) is 13.6. The van der Waals surface area contributed by atoms with Crippen LogP contribution in [0.15, 0.2) is 42.5 Å². The lowest BCUT2D eigenvalue weighted by atomic mass is 9.71. The summed E-state index contributed by atoms with van der Waals surface area (Å²) in [5, 5.41) is 0. The Hall–Kier alpha value is -1.87. The maximum absolute atomic E-state index is 14.6. The zero-order valence-electron chi connectivity index (χ0n) is 18.2.